The Balaban J connectivity index is 1.74. The van der Waals surface area contributed by atoms with Gasteiger partial charge in [-0.1, -0.05) is 12.1 Å². The Hall–Kier alpha value is -2.69. The molecule has 0 N–H and O–H groups in total. The Labute approximate surface area is 141 Å². The lowest BCUT2D eigenvalue weighted by molar-refractivity contribution is 0.0784. The van der Waals surface area contributed by atoms with Gasteiger partial charge in [0.15, 0.2) is 11.5 Å². The van der Waals surface area contributed by atoms with Crippen LogP contribution in [0.15, 0.2) is 36.4 Å². The third-order valence-corrected chi connectivity index (χ3v) is 4.03. The Kier molecular flexibility index (Phi) is 4.60. The molecule has 0 bridgehead atoms. The Morgan fingerprint density at radius 3 is 2.62 bits per heavy atom. The summed E-state index contributed by atoms with van der Waals surface area (Å²) < 4.78 is 16.4. The van der Waals surface area contributed by atoms with Crippen LogP contribution in [0.3, 0.4) is 0 Å². The molecule has 1 amide bonds. The lowest BCUT2D eigenvalue weighted by Crippen LogP contribution is -2.26. The molecule has 0 aromatic heterocycles. The van der Waals surface area contributed by atoms with E-state index in [9.17, 15) is 4.79 Å². The number of rotatable bonds is 4. The first-order valence-electron chi connectivity index (χ1n) is 7.87. The first-order valence-corrected chi connectivity index (χ1v) is 7.87. The highest BCUT2D eigenvalue weighted by Crippen LogP contribution is 2.31. The lowest BCUT2D eigenvalue weighted by Gasteiger charge is -2.21. The van der Waals surface area contributed by atoms with Crippen LogP contribution in [-0.4, -0.2) is 38.2 Å². The van der Waals surface area contributed by atoms with Crippen molar-refractivity contribution in [3.8, 4) is 17.2 Å². The molecule has 0 spiro atoms. The summed E-state index contributed by atoms with van der Waals surface area (Å²) >= 11 is 0. The van der Waals surface area contributed by atoms with Crippen LogP contribution in [0.25, 0.3) is 0 Å². The highest BCUT2D eigenvalue weighted by Gasteiger charge is 2.16. The molecule has 0 saturated heterocycles. The van der Waals surface area contributed by atoms with E-state index >= 15 is 0 Å². The van der Waals surface area contributed by atoms with E-state index in [1.54, 1.807) is 25.1 Å². The standard InChI is InChI=1S/C19H21NO4/c1-13-4-6-15(11-17(13)22-3)19(21)20(2)12-14-5-7-16-18(10-14)24-9-8-23-16/h4-7,10-11H,8-9,12H2,1-3H3. The van der Waals surface area contributed by atoms with E-state index in [1.807, 2.05) is 37.3 Å². The Morgan fingerprint density at radius 2 is 1.88 bits per heavy atom. The average Bonchev–Trinajstić information content (AvgIpc) is 2.61. The largest absolute Gasteiger partial charge is 0.496 e. The maximum Gasteiger partial charge on any atom is 0.254 e. The first-order chi connectivity index (χ1) is 11.6. The van der Waals surface area contributed by atoms with E-state index in [0.717, 1.165) is 22.6 Å². The predicted octanol–water partition coefficient (Wildman–Crippen LogP) is 3.05. The molecule has 0 fully saturated rings. The number of carbonyl (C=O) groups is 1. The minimum atomic E-state index is -0.0526. The molecule has 0 radical (unpaired) electrons. The van der Waals surface area contributed by atoms with Gasteiger partial charge in [-0.05, 0) is 42.3 Å². The highest BCUT2D eigenvalue weighted by molar-refractivity contribution is 5.94. The van der Waals surface area contributed by atoms with E-state index in [1.165, 1.54) is 0 Å². The number of hydrogen-bond acceptors (Lipinski definition) is 4. The quantitative estimate of drug-likeness (QED) is 0.866. The third-order valence-electron chi connectivity index (χ3n) is 4.03. The van der Waals surface area contributed by atoms with Crippen LogP contribution in [0.2, 0.25) is 0 Å². The van der Waals surface area contributed by atoms with Crippen molar-refractivity contribution in [3.63, 3.8) is 0 Å². The molecule has 0 aliphatic carbocycles. The van der Waals surface area contributed by atoms with Gasteiger partial charge in [0.2, 0.25) is 0 Å². The van der Waals surface area contributed by atoms with E-state index in [4.69, 9.17) is 14.2 Å². The molecule has 1 heterocycles. The molecule has 2 aromatic rings. The number of amides is 1. The fourth-order valence-electron chi connectivity index (χ4n) is 2.71. The summed E-state index contributed by atoms with van der Waals surface area (Å²) in [5.74, 6) is 2.15. The van der Waals surface area contributed by atoms with Gasteiger partial charge in [-0.25, -0.2) is 0 Å². The fraction of sp³-hybridized carbons (Fsp3) is 0.316. The van der Waals surface area contributed by atoms with Crippen molar-refractivity contribution in [3.05, 3.63) is 53.1 Å². The number of ether oxygens (including phenoxy) is 3. The van der Waals surface area contributed by atoms with Crippen LogP contribution in [0.5, 0.6) is 17.2 Å². The van der Waals surface area contributed by atoms with Gasteiger partial charge in [0.05, 0.1) is 7.11 Å². The van der Waals surface area contributed by atoms with Gasteiger partial charge < -0.3 is 19.1 Å². The molecular formula is C19H21NO4. The van der Waals surface area contributed by atoms with Crippen LogP contribution in [0.1, 0.15) is 21.5 Å². The highest BCUT2D eigenvalue weighted by atomic mass is 16.6. The number of nitrogens with zero attached hydrogens (tertiary/aromatic N) is 1. The molecule has 126 valence electrons. The van der Waals surface area contributed by atoms with Crippen molar-refractivity contribution in [1.82, 2.24) is 4.90 Å². The molecule has 1 aliphatic rings. The third kappa shape index (κ3) is 3.30. The smallest absolute Gasteiger partial charge is 0.254 e. The second-order valence-corrected chi connectivity index (χ2v) is 5.82. The minimum absolute atomic E-state index is 0.0526. The zero-order valence-corrected chi connectivity index (χ0v) is 14.2. The van der Waals surface area contributed by atoms with Crippen molar-refractivity contribution in [2.75, 3.05) is 27.4 Å². The summed E-state index contributed by atoms with van der Waals surface area (Å²) in [5.41, 5.74) is 2.61. The molecule has 0 saturated carbocycles. The fourth-order valence-corrected chi connectivity index (χ4v) is 2.71. The number of carbonyl (C=O) groups excluding carboxylic acids is 1. The van der Waals surface area contributed by atoms with E-state index in [-0.39, 0.29) is 5.91 Å². The first kappa shape index (κ1) is 16.2. The molecule has 5 heteroatoms. The molecular weight excluding hydrogens is 306 g/mol. The number of benzene rings is 2. The number of methoxy groups -OCH3 is 1. The van der Waals surface area contributed by atoms with Crippen LogP contribution in [0.4, 0.5) is 0 Å². The van der Waals surface area contributed by atoms with Gasteiger partial charge >= 0.3 is 0 Å². The summed E-state index contributed by atoms with van der Waals surface area (Å²) in [4.78, 5) is 14.3. The molecule has 0 atom stereocenters. The maximum atomic E-state index is 12.6. The van der Waals surface area contributed by atoms with Crippen molar-refractivity contribution in [2.24, 2.45) is 0 Å². The van der Waals surface area contributed by atoms with Crippen LogP contribution < -0.4 is 14.2 Å². The van der Waals surface area contributed by atoms with E-state index in [2.05, 4.69) is 0 Å². The second kappa shape index (κ2) is 6.83. The predicted molar refractivity (Wildman–Crippen MR) is 91.0 cm³/mol. The summed E-state index contributed by atoms with van der Waals surface area (Å²) in [6, 6.07) is 11.3. The number of aryl methyl sites for hydroxylation is 1. The van der Waals surface area contributed by atoms with Crippen LogP contribution in [0, 0.1) is 6.92 Å². The molecule has 3 rings (SSSR count). The molecule has 1 aliphatic heterocycles. The normalized spacial score (nSPS) is 12.6. The summed E-state index contributed by atoms with van der Waals surface area (Å²) in [7, 11) is 3.39. The van der Waals surface area contributed by atoms with Gasteiger partial charge in [0.1, 0.15) is 19.0 Å². The van der Waals surface area contributed by atoms with Gasteiger partial charge in [-0.3, -0.25) is 4.79 Å². The van der Waals surface area contributed by atoms with E-state index < -0.39 is 0 Å². The average molecular weight is 327 g/mol. The summed E-state index contributed by atoms with van der Waals surface area (Å²) in [6.45, 7) is 3.56. The second-order valence-electron chi connectivity index (χ2n) is 5.82. The SMILES string of the molecule is COc1cc(C(=O)N(C)Cc2ccc3c(c2)OCCO3)ccc1C. The van der Waals surface area contributed by atoms with Gasteiger partial charge in [-0.15, -0.1) is 0 Å². The van der Waals surface area contributed by atoms with Gasteiger partial charge in [0.25, 0.3) is 5.91 Å². The maximum absolute atomic E-state index is 12.6. The summed E-state index contributed by atoms with van der Waals surface area (Å²) in [5, 5.41) is 0. The zero-order valence-electron chi connectivity index (χ0n) is 14.2. The van der Waals surface area contributed by atoms with Crippen molar-refractivity contribution < 1.29 is 19.0 Å². The van der Waals surface area contributed by atoms with Crippen LogP contribution in [-0.2, 0) is 6.54 Å². The lowest BCUT2D eigenvalue weighted by atomic mass is 10.1. The zero-order chi connectivity index (χ0) is 17.1. The summed E-state index contributed by atoms with van der Waals surface area (Å²) in [6.07, 6.45) is 0. The Morgan fingerprint density at radius 1 is 1.12 bits per heavy atom. The molecule has 24 heavy (non-hydrogen) atoms. The molecule has 0 unspecified atom stereocenters. The number of hydrogen-bond donors (Lipinski definition) is 0. The van der Waals surface area contributed by atoms with Crippen molar-refractivity contribution >= 4 is 5.91 Å². The van der Waals surface area contributed by atoms with Crippen molar-refractivity contribution in [2.45, 2.75) is 13.5 Å². The van der Waals surface area contributed by atoms with Crippen molar-refractivity contribution in [1.29, 1.82) is 0 Å². The molecule has 5 nitrogen and oxygen atoms in total. The Bertz CT molecular complexity index is 757. The van der Waals surface area contributed by atoms with Crippen LogP contribution >= 0.6 is 0 Å². The van der Waals surface area contributed by atoms with Gasteiger partial charge in [-0.2, -0.15) is 0 Å². The van der Waals surface area contributed by atoms with E-state index in [0.29, 0.717) is 31.1 Å². The van der Waals surface area contributed by atoms with Gasteiger partial charge in [0, 0.05) is 19.2 Å². The minimum Gasteiger partial charge on any atom is -0.496 e. The monoisotopic (exact) mass is 327 g/mol. The number of fused-ring (bicyclic) bond motifs is 1. The molecule has 2 aromatic carbocycles. The topological polar surface area (TPSA) is 48.0 Å².